The zero-order valence-electron chi connectivity index (χ0n) is 14.1. The fraction of sp³-hybridized carbons (Fsp3) is 0.235. The van der Waals surface area contributed by atoms with Gasteiger partial charge in [0.25, 0.3) is 5.91 Å². The van der Waals surface area contributed by atoms with Gasteiger partial charge in [0, 0.05) is 29.7 Å². The van der Waals surface area contributed by atoms with Crippen LogP contribution in [0.2, 0.25) is 5.02 Å². The molecule has 4 rings (SSSR count). The molecular formula is C17H18Cl3N5O2. The molecule has 0 unspecified atom stereocenters. The molecule has 1 amide bonds. The van der Waals surface area contributed by atoms with E-state index in [1.54, 1.807) is 18.2 Å². The molecule has 1 aromatic carbocycles. The average molecular weight is 431 g/mol. The predicted molar refractivity (Wildman–Crippen MR) is 109 cm³/mol. The first-order chi connectivity index (χ1) is 12.1. The largest absolute Gasteiger partial charge is 0.360 e. The molecule has 0 fully saturated rings. The molecule has 0 spiro atoms. The number of aromatic amines is 1. The van der Waals surface area contributed by atoms with E-state index in [2.05, 4.69) is 20.7 Å². The Morgan fingerprint density at radius 3 is 2.89 bits per heavy atom. The van der Waals surface area contributed by atoms with Crippen molar-refractivity contribution in [3.8, 4) is 0 Å². The molecule has 1 aliphatic rings. The first kappa shape index (κ1) is 21.2. The standard InChI is InChI=1S/C17H16ClN5O2.2ClH/c18-10-1-2-13-15(5-10)20-9-14(16(13)24)17(25)21-7-11-6-12-8-19-3-4-23(12)22-11;;/h1-2,5-6,9,19H,3-4,7-8H2,(H,20,24)(H,21,25);2*1H. The van der Waals surface area contributed by atoms with Crippen LogP contribution in [-0.2, 0) is 19.6 Å². The molecule has 144 valence electrons. The monoisotopic (exact) mass is 429 g/mol. The van der Waals surface area contributed by atoms with E-state index in [-0.39, 0.29) is 42.4 Å². The highest BCUT2D eigenvalue weighted by molar-refractivity contribution is 6.31. The number of fused-ring (bicyclic) bond motifs is 2. The van der Waals surface area contributed by atoms with Crippen LogP contribution in [0, 0.1) is 0 Å². The van der Waals surface area contributed by atoms with Crippen molar-refractivity contribution in [3.63, 3.8) is 0 Å². The summed E-state index contributed by atoms with van der Waals surface area (Å²) in [6, 6.07) is 6.86. The molecular weight excluding hydrogens is 413 g/mol. The molecule has 3 heterocycles. The minimum Gasteiger partial charge on any atom is -0.360 e. The summed E-state index contributed by atoms with van der Waals surface area (Å²) in [5.74, 6) is -0.429. The van der Waals surface area contributed by atoms with Crippen LogP contribution in [0.25, 0.3) is 10.9 Å². The molecule has 0 aliphatic carbocycles. The second-order valence-electron chi connectivity index (χ2n) is 5.93. The minimum absolute atomic E-state index is 0. The van der Waals surface area contributed by atoms with Gasteiger partial charge >= 0.3 is 0 Å². The maximum absolute atomic E-state index is 12.5. The number of nitrogens with zero attached hydrogens (tertiary/aromatic N) is 2. The molecule has 0 bridgehead atoms. The minimum atomic E-state index is -0.429. The highest BCUT2D eigenvalue weighted by atomic mass is 35.5. The van der Waals surface area contributed by atoms with Crippen LogP contribution < -0.4 is 16.1 Å². The van der Waals surface area contributed by atoms with E-state index in [0.717, 1.165) is 31.0 Å². The van der Waals surface area contributed by atoms with Crippen LogP contribution in [0.4, 0.5) is 0 Å². The van der Waals surface area contributed by atoms with Gasteiger partial charge in [-0.2, -0.15) is 5.10 Å². The molecule has 1 aliphatic heterocycles. The number of aromatic nitrogens is 3. The number of nitrogens with one attached hydrogen (secondary N) is 3. The summed E-state index contributed by atoms with van der Waals surface area (Å²) >= 11 is 5.92. The van der Waals surface area contributed by atoms with E-state index in [0.29, 0.717) is 15.9 Å². The van der Waals surface area contributed by atoms with Gasteiger partial charge in [-0.25, -0.2) is 0 Å². The molecule has 0 atom stereocenters. The number of H-pyrrole nitrogens is 1. The third-order valence-corrected chi connectivity index (χ3v) is 4.47. The van der Waals surface area contributed by atoms with Gasteiger partial charge in [-0.15, -0.1) is 24.8 Å². The number of rotatable bonds is 3. The van der Waals surface area contributed by atoms with E-state index in [1.807, 2.05) is 10.7 Å². The highest BCUT2D eigenvalue weighted by Gasteiger charge is 2.15. The lowest BCUT2D eigenvalue weighted by atomic mass is 10.1. The summed E-state index contributed by atoms with van der Waals surface area (Å²) in [7, 11) is 0. The normalized spacial score (nSPS) is 12.6. The van der Waals surface area contributed by atoms with Crippen molar-refractivity contribution in [2.24, 2.45) is 0 Å². The first-order valence-corrected chi connectivity index (χ1v) is 8.35. The zero-order chi connectivity index (χ0) is 17.4. The van der Waals surface area contributed by atoms with E-state index in [4.69, 9.17) is 11.6 Å². The Labute approximate surface area is 172 Å². The van der Waals surface area contributed by atoms with Gasteiger partial charge in [-0.05, 0) is 24.3 Å². The Bertz CT molecular complexity index is 1010. The number of carbonyl (C=O) groups is 1. The van der Waals surface area contributed by atoms with Crippen molar-refractivity contribution in [1.82, 2.24) is 25.4 Å². The summed E-state index contributed by atoms with van der Waals surface area (Å²) in [5.41, 5.74) is 2.21. The molecule has 27 heavy (non-hydrogen) atoms. The lowest BCUT2D eigenvalue weighted by molar-refractivity contribution is 0.0949. The van der Waals surface area contributed by atoms with Crippen molar-refractivity contribution in [2.75, 3.05) is 6.54 Å². The van der Waals surface area contributed by atoms with Crippen molar-refractivity contribution in [2.45, 2.75) is 19.6 Å². The lowest BCUT2D eigenvalue weighted by Gasteiger charge is -2.13. The van der Waals surface area contributed by atoms with Crippen molar-refractivity contribution < 1.29 is 4.79 Å². The van der Waals surface area contributed by atoms with E-state index >= 15 is 0 Å². The van der Waals surface area contributed by atoms with Crippen molar-refractivity contribution in [1.29, 1.82) is 0 Å². The van der Waals surface area contributed by atoms with E-state index in [9.17, 15) is 9.59 Å². The Balaban J connectivity index is 0.00000131. The van der Waals surface area contributed by atoms with Crippen LogP contribution in [0.15, 0.2) is 35.3 Å². The molecule has 3 N–H and O–H groups in total. The molecule has 0 saturated heterocycles. The first-order valence-electron chi connectivity index (χ1n) is 7.97. The number of hydrogen-bond acceptors (Lipinski definition) is 4. The fourth-order valence-corrected chi connectivity index (χ4v) is 3.14. The van der Waals surface area contributed by atoms with Gasteiger partial charge in [-0.3, -0.25) is 14.3 Å². The van der Waals surface area contributed by atoms with E-state index in [1.165, 1.54) is 6.20 Å². The Kier molecular flexibility index (Phi) is 6.89. The molecule has 10 heteroatoms. The second kappa shape index (κ2) is 8.75. The summed E-state index contributed by atoms with van der Waals surface area (Å²) in [6.45, 7) is 2.75. The SMILES string of the molecule is Cl.Cl.O=C(NCc1cc2n(n1)CCNC2)c1c[nH]c2cc(Cl)ccc2c1=O. The number of benzene rings is 1. The van der Waals surface area contributed by atoms with Gasteiger partial charge in [0.15, 0.2) is 0 Å². The Morgan fingerprint density at radius 1 is 1.30 bits per heavy atom. The summed E-state index contributed by atoms with van der Waals surface area (Å²) in [6.07, 6.45) is 1.42. The topological polar surface area (TPSA) is 91.8 Å². The summed E-state index contributed by atoms with van der Waals surface area (Å²) in [4.78, 5) is 27.8. The van der Waals surface area contributed by atoms with Crippen LogP contribution in [-0.4, -0.2) is 27.2 Å². The van der Waals surface area contributed by atoms with Gasteiger partial charge in [-0.1, -0.05) is 11.6 Å². The molecule has 7 nitrogen and oxygen atoms in total. The number of hydrogen-bond donors (Lipinski definition) is 3. The lowest BCUT2D eigenvalue weighted by Crippen LogP contribution is -2.29. The zero-order valence-corrected chi connectivity index (χ0v) is 16.5. The van der Waals surface area contributed by atoms with Crippen LogP contribution in [0.3, 0.4) is 0 Å². The highest BCUT2D eigenvalue weighted by Crippen LogP contribution is 2.15. The summed E-state index contributed by atoms with van der Waals surface area (Å²) < 4.78 is 1.94. The third kappa shape index (κ3) is 4.27. The smallest absolute Gasteiger partial charge is 0.257 e. The Morgan fingerprint density at radius 2 is 2.11 bits per heavy atom. The number of halogens is 3. The van der Waals surface area contributed by atoms with Crippen molar-refractivity contribution >= 4 is 53.2 Å². The summed E-state index contributed by atoms with van der Waals surface area (Å²) in [5, 5.41) is 11.4. The maximum atomic E-state index is 12.5. The molecule has 0 radical (unpaired) electrons. The third-order valence-electron chi connectivity index (χ3n) is 4.24. The number of carbonyl (C=O) groups excluding carboxylic acids is 1. The van der Waals surface area contributed by atoms with Crippen LogP contribution in [0.1, 0.15) is 21.7 Å². The number of pyridine rings is 1. The predicted octanol–water partition coefficient (Wildman–Crippen LogP) is 2.25. The molecule has 0 saturated carbocycles. The fourth-order valence-electron chi connectivity index (χ4n) is 2.97. The number of amides is 1. The van der Waals surface area contributed by atoms with E-state index < -0.39 is 5.91 Å². The van der Waals surface area contributed by atoms with Crippen LogP contribution >= 0.6 is 36.4 Å². The Hall–Kier alpha value is -2.06. The van der Waals surface area contributed by atoms with Gasteiger partial charge in [0.2, 0.25) is 5.43 Å². The van der Waals surface area contributed by atoms with Crippen LogP contribution in [0.5, 0.6) is 0 Å². The maximum Gasteiger partial charge on any atom is 0.257 e. The molecule has 3 aromatic rings. The van der Waals surface area contributed by atoms with Gasteiger partial charge in [0.05, 0.1) is 30.0 Å². The quantitative estimate of drug-likeness (QED) is 0.594. The van der Waals surface area contributed by atoms with Gasteiger partial charge < -0.3 is 15.6 Å². The van der Waals surface area contributed by atoms with Crippen molar-refractivity contribution in [3.05, 3.63) is 62.7 Å². The second-order valence-corrected chi connectivity index (χ2v) is 6.37. The van der Waals surface area contributed by atoms with Gasteiger partial charge in [0.1, 0.15) is 5.56 Å². The average Bonchev–Trinajstić information content (AvgIpc) is 3.03. The molecule has 2 aromatic heterocycles.